The molecule has 80 valence electrons. The average molecular weight is 202 g/mol. The molecule has 15 heavy (non-hydrogen) atoms. The number of hydrogen-bond donors (Lipinski definition) is 1. The SMILES string of the molecule is Cc1ccc(C)c2c1ccn2CCCN. The van der Waals surface area contributed by atoms with Gasteiger partial charge in [0.2, 0.25) is 0 Å². The molecule has 0 aliphatic carbocycles. The number of aryl methyl sites for hydroxylation is 3. The number of rotatable bonds is 3. The maximum Gasteiger partial charge on any atom is 0.0512 e. The molecule has 2 rings (SSSR count). The van der Waals surface area contributed by atoms with Gasteiger partial charge in [-0.1, -0.05) is 12.1 Å². The first-order valence-corrected chi connectivity index (χ1v) is 5.49. The Balaban J connectivity index is 2.53. The lowest BCUT2D eigenvalue weighted by atomic mass is 10.1. The number of benzene rings is 1. The van der Waals surface area contributed by atoms with Gasteiger partial charge >= 0.3 is 0 Å². The Morgan fingerprint density at radius 3 is 2.60 bits per heavy atom. The molecule has 0 spiro atoms. The second kappa shape index (κ2) is 4.07. The van der Waals surface area contributed by atoms with E-state index < -0.39 is 0 Å². The summed E-state index contributed by atoms with van der Waals surface area (Å²) < 4.78 is 2.31. The second-order valence-corrected chi connectivity index (χ2v) is 4.11. The van der Waals surface area contributed by atoms with Crippen LogP contribution in [0.25, 0.3) is 10.9 Å². The first kappa shape index (κ1) is 10.2. The van der Waals surface area contributed by atoms with Crippen LogP contribution in [0.2, 0.25) is 0 Å². The van der Waals surface area contributed by atoms with E-state index in [2.05, 4.69) is 42.8 Å². The van der Waals surface area contributed by atoms with Gasteiger partial charge in [-0.2, -0.15) is 0 Å². The Labute approximate surface area is 90.7 Å². The molecule has 0 aliphatic rings. The van der Waals surface area contributed by atoms with E-state index in [9.17, 15) is 0 Å². The molecule has 0 amide bonds. The normalized spacial score (nSPS) is 11.1. The number of aromatic nitrogens is 1. The summed E-state index contributed by atoms with van der Waals surface area (Å²) in [6.45, 7) is 6.10. The lowest BCUT2D eigenvalue weighted by molar-refractivity contribution is 0.670. The predicted octanol–water partition coefficient (Wildman–Crippen LogP) is 2.61. The van der Waals surface area contributed by atoms with Crippen LogP contribution in [-0.4, -0.2) is 11.1 Å². The molecule has 2 N–H and O–H groups in total. The molecule has 2 nitrogen and oxygen atoms in total. The van der Waals surface area contributed by atoms with Crippen molar-refractivity contribution < 1.29 is 0 Å². The third-order valence-electron chi connectivity index (χ3n) is 2.95. The molecule has 0 atom stereocenters. The topological polar surface area (TPSA) is 30.9 Å². The van der Waals surface area contributed by atoms with Crippen LogP contribution in [-0.2, 0) is 6.54 Å². The van der Waals surface area contributed by atoms with Gasteiger partial charge in [0.05, 0.1) is 5.52 Å². The Bertz CT molecular complexity index is 469. The molecule has 0 aliphatic heterocycles. The van der Waals surface area contributed by atoms with E-state index in [1.807, 2.05) is 0 Å². The zero-order valence-corrected chi connectivity index (χ0v) is 9.46. The van der Waals surface area contributed by atoms with Gasteiger partial charge in [0.25, 0.3) is 0 Å². The summed E-state index contributed by atoms with van der Waals surface area (Å²) >= 11 is 0. The summed E-state index contributed by atoms with van der Waals surface area (Å²) in [6.07, 6.45) is 3.21. The fourth-order valence-electron chi connectivity index (χ4n) is 2.10. The van der Waals surface area contributed by atoms with Gasteiger partial charge in [-0.3, -0.25) is 0 Å². The molecule has 0 saturated carbocycles. The molecule has 0 unspecified atom stereocenters. The average Bonchev–Trinajstić information content (AvgIpc) is 2.65. The minimum atomic E-state index is 0.755. The molecule has 1 heterocycles. The summed E-state index contributed by atoms with van der Waals surface area (Å²) in [6, 6.07) is 6.58. The van der Waals surface area contributed by atoms with Crippen molar-refractivity contribution in [3.8, 4) is 0 Å². The Morgan fingerprint density at radius 2 is 1.87 bits per heavy atom. The molecule has 0 fully saturated rings. The van der Waals surface area contributed by atoms with E-state index in [1.165, 1.54) is 22.0 Å². The monoisotopic (exact) mass is 202 g/mol. The van der Waals surface area contributed by atoms with E-state index >= 15 is 0 Å². The smallest absolute Gasteiger partial charge is 0.0512 e. The van der Waals surface area contributed by atoms with Crippen molar-refractivity contribution in [2.75, 3.05) is 6.54 Å². The molecule has 0 radical (unpaired) electrons. The lowest BCUT2D eigenvalue weighted by Gasteiger charge is -2.07. The first-order valence-electron chi connectivity index (χ1n) is 5.49. The zero-order chi connectivity index (χ0) is 10.8. The third-order valence-corrected chi connectivity index (χ3v) is 2.95. The number of nitrogens with zero attached hydrogens (tertiary/aromatic N) is 1. The molecule has 2 heteroatoms. The van der Waals surface area contributed by atoms with Crippen molar-refractivity contribution in [1.82, 2.24) is 4.57 Å². The first-order chi connectivity index (χ1) is 7.24. The van der Waals surface area contributed by atoms with Gasteiger partial charge in [0.15, 0.2) is 0 Å². The summed E-state index contributed by atoms with van der Waals surface area (Å²) in [5.74, 6) is 0. The minimum Gasteiger partial charge on any atom is -0.347 e. The maximum atomic E-state index is 5.54. The van der Waals surface area contributed by atoms with Gasteiger partial charge < -0.3 is 10.3 Å². The van der Waals surface area contributed by atoms with Crippen molar-refractivity contribution in [3.05, 3.63) is 35.5 Å². The van der Waals surface area contributed by atoms with Crippen LogP contribution in [0.5, 0.6) is 0 Å². The Kier molecular flexibility index (Phi) is 2.78. The van der Waals surface area contributed by atoms with Gasteiger partial charge in [-0.05, 0) is 44.0 Å². The Hall–Kier alpha value is -1.28. The summed E-state index contributed by atoms with van der Waals surface area (Å²) in [5, 5.41) is 1.37. The van der Waals surface area contributed by atoms with Gasteiger partial charge in [0, 0.05) is 18.1 Å². The standard InChI is InChI=1S/C13H18N2/c1-10-4-5-11(2)13-12(10)6-9-15(13)8-3-7-14/h4-6,9H,3,7-8,14H2,1-2H3. The number of fused-ring (bicyclic) bond motifs is 1. The van der Waals surface area contributed by atoms with E-state index in [1.54, 1.807) is 0 Å². The molecule has 2 aromatic rings. The van der Waals surface area contributed by atoms with Crippen molar-refractivity contribution in [2.45, 2.75) is 26.8 Å². The van der Waals surface area contributed by atoms with Crippen molar-refractivity contribution in [1.29, 1.82) is 0 Å². The predicted molar refractivity (Wildman–Crippen MR) is 65.1 cm³/mol. The number of hydrogen-bond acceptors (Lipinski definition) is 1. The van der Waals surface area contributed by atoms with Crippen LogP contribution in [0.3, 0.4) is 0 Å². The van der Waals surface area contributed by atoms with Crippen LogP contribution >= 0.6 is 0 Å². The van der Waals surface area contributed by atoms with Crippen LogP contribution in [0, 0.1) is 13.8 Å². The second-order valence-electron chi connectivity index (χ2n) is 4.11. The van der Waals surface area contributed by atoms with Crippen LogP contribution < -0.4 is 5.73 Å². The summed E-state index contributed by atoms with van der Waals surface area (Å²) in [5.41, 5.74) is 9.60. The molecular weight excluding hydrogens is 184 g/mol. The molecule has 1 aromatic carbocycles. The third kappa shape index (κ3) is 1.77. The quantitative estimate of drug-likeness (QED) is 0.815. The fourth-order valence-corrected chi connectivity index (χ4v) is 2.10. The van der Waals surface area contributed by atoms with E-state index in [4.69, 9.17) is 5.73 Å². The largest absolute Gasteiger partial charge is 0.347 e. The fraction of sp³-hybridized carbons (Fsp3) is 0.385. The highest BCUT2D eigenvalue weighted by atomic mass is 15.0. The maximum absolute atomic E-state index is 5.54. The Morgan fingerprint density at radius 1 is 1.13 bits per heavy atom. The highest BCUT2D eigenvalue weighted by Gasteiger charge is 2.05. The van der Waals surface area contributed by atoms with Crippen molar-refractivity contribution in [3.63, 3.8) is 0 Å². The van der Waals surface area contributed by atoms with Crippen LogP contribution in [0.1, 0.15) is 17.5 Å². The van der Waals surface area contributed by atoms with E-state index in [0.717, 1.165) is 19.5 Å². The van der Waals surface area contributed by atoms with Gasteiger partial charge in [-0.15, -0.1) is 0 Å². The van der Waals surface area contributed by atoms with Crippen molar-refractivity contribution in [2.24, 2.45) is 5.73 Å². The van der Waals surface area contributed by atoms with Crippen LogP contribution in [0.15, 0.2) is 24.4 Å². The summed E-state index contributed by atoms with van der Waals surface area (Å²) in [4.78, 5) is 0. The number of nitrogens with two attached hydrogens (primary N) is 1. The molecule has 1 aromatic heterocycles. The van der Waals surface area contributed by atoms with Crippen molar-refractivity contribution >= 4 is 10.9 Å². The lowest BCUT2D eigenvalue weighted by Crippen LogP contribution is -2.05. The molecular formula is C13H18N2. The van der Waals surface area contributed by atoms with E-state index in [0.29, 0.717) is 0 Å². The molecule has 0 bridgehead atoms. The zero-order valence-electron chi connectivity index (χ0n) is 9.46. The van der Waals surface area contributed by atoms with Crippen LogP contribution in [0.4, 0.5) is 0 Å². The van der Waals surface area contributed by atoms with E-state index in [-0.39, 0.29) is 0 Å². The highest BCUT2D eigenvalue weighted by Crippen LogP contribution is 2.23. The van der Waals surface area contributed by atoms with Gasteiger partial charge in [-0.25, -0.2) is 0 Å². The highest BCUT2D eigenvalue weighted by molar-refractivity contribution is 5.86. The molecule has 0 saturated heterocycles. The van der Waals surface area contributed by atoms with Gasteiger partial charge in [0.1, 0.15) is 0 Å². The summed E-state index contributed by atoms with van der Waals surface area (Å²) in [7, 11) is 0. The minimum absolute atomic E-state index is 0.755.